The molecule has 3 aliphatic rings. The van der Waals surface area contributed by atoms with Gasteiger partial charge in [-0.05, 0) is 123 Å². The second-order valence-corrected chi connectivity index (χ2v) is 17.5. The lowest BCUT2D eigenvalue weighted by atomic mass is 9.79. The minimum absolute atomic E-state index is 0.00640. The number of anilines is 3. The fourth-order valence-electron chi connectivity index (χ4n) is 8.91. The quantitative estimate of drug-likeness (QED) is 0.0495. The molecule has 0 atom stereocenters. The molecule has 7 rings (SSSR count). The van der Waals surface area contributed by atoms with Crippen LogP contribution in [0.25, 0.3) is 0 Å². The van der Waals surface area contributed by atoms with Crippen molar-refractivity contribution in [2.24, 2.45) is 17.8 Å². The van der Waals surface area contributed by atoms with Crippen LogP contribution in [0.5, 0.6) is 28.7 Å². The molecule has 0 bridgehead atoms. The van der Waals surface area contributed by atoms with Gasteiger partial charge in [-0.1, -0.05) is 88.6 Å². The van der Waals surface area contributed by atoms with Crippen molar-refractivity contribution in [2.45, 2.75) is 85.0 Å². The summed E-state index contributed by atoms with van der Waals surface area (Å²) in [6, 6.07) is 15.9. The smallest absolute Gasteiger partial charge is 0.200 e. The predicted octanol–water partition coefficient (Wildman–Crippen LogP) is 14.4. The van der Waals surface area contributed by atoms with Gasteiger partial charge in [-0.25, -0.2) is 8.78 Å². The van der Waals surface area contributed by atoms with Gasteiger partial charge in [-0.3, -0.25) is 9.59 Å². The molecule has 8 nitrogen and oxygen atoms in total. The van der Waals surface area contributed by atoms with Gasteiger partial charge in [-0.2, -0.15) is 0 Å². The van der Waals surface area contributed by atoms with E-state index in [2.05, 4.69) is 44.6 Å². The highest BCUT2D eigenvalue weighted by Gasteiger charge is 2.41. The molecule has 10 heteroatoms. The summed E-state index contributed by atoms with van der Waals surface area (Å²) in [7, 11) is 0. The number of ether oxygens (including phenoxy) is 2. The molecule has 0 radical (unpaired) electrons. The van der Waals surface area contributed by atoms with Crippen molar-refractivity contribution in [1.29, 1.82) is 0 Å². The Morgan fingerprint density at radius 1 is 0.766 bits per heavy atom. The fourth-order valence-corrected chi connectivity index (χ4v) is 8.91. The van der Waals surface area contributed by atoms with E-state index in [1.165, 1.54) is 72.7 Å². The Kier molecular flexibility index (Phi) is 14.0. The lowest BCUT2D eigenvalue weighted by molar-refractivity contribution is 0.0974. The van der Waals surface area contributed by atoms with E-state index >= 15 is 0 Å². The predicted molar refractivity (Wildman–Crippen MR) is 250 cm³/mol. The first-order valence-corrected chi connectivity index (χ1v) is 22.1. The first-order chi connectivity index (χ1) is 30.7. The van der Waals surface area contributed by atoms with Gasteiger partial charge in [0.25, 0.3) is 0 Å². The van der Waals surface area contributed by atoms with Gasteiger partial charge >= 0.3 is 0 Å². The van der Waals surface area contributed by atoms with E-state index in [1.54, 1.807) is 24.3 Å². The summed E-state index contributed by atoms with van der Waals surface area (Å²) in [5, 5.41) is 30.0. The van der Waals surface area contributed by atoms with E-state index in [9.17, 15) is 28.6 Å². The number of carbonyl (C=O) groups is 2. The molecule has 0 aliphatic heterocycles. The van der Waals surface area contributed by atoms with Crippen molar-refractivity contribution in [2.75, 3.05) is 10.6 Å². The van der Waals surface area contributed by atoms with Crippen LogP contribution in [0.15, 0.2) is 133 Å². The van der Waals surface area contributed by atoms with Gasteiger partial charge in [0.05, 0.1) is 39.5 Å². The third kappa shape index (κ3) is 10.2. The van der Waals surface area contributed by atoms with Crippen LogP contribution >= 0.6 is 0 Å². The number of phenolic OH excluding ortho intramolecular Hbond substituents is 2. The minimum Gasteiger partial charge on any atom is -0.504 e. The highest BCUT2D eigenvalue weighted by molar-refractivity contribution is 6.34. The number of allylic oxidation sites excluding steroid dienone is 8. The number of rotatable bonds is 14. The van der Waals surface area contributed by atoms with Crippen molar-refractivity contribution in [3.05, 3.63) is 167 Å². The molecule has 0 spiro atoms. The molecule has 2 fully saturated rings. The molecule has 64 heavy (non-hydrogen) atoms. The number of benzene rings is 4. The maximum absolute atomic E-state index is 15.0. The first kappa shape index (κ1) is 45.3. The van der Waals surface area contributed by atoms with E-state index in [1.807, 2.05) is 18.2 Å². The normalized spacial score (nSPS) is 20.4. The fraction of sp³-hybridized carbons (Fsp3) is 0.296. The molecule has 4 aromatic rings. The van der Waals surface area contributed by atoms with E-state index in [0.29, 0.717) is 29.4 Å². The molecular formula is C54H56F2N2O6. The average molecular weight is 867 g/mol. The van der Waals surface area contributed by atoms with Crippen LogP contribution in [-0.2, 0) is 0 Å². The van der Waals surface area contributed by atoms with Crippen molar-refractivity contribution in [3.8, 4) is 28.7 Å². The standard InChI is InChI=1S/C54H56F2N2O6/c1-7-41(25-18-33(4)36-19-14-31(2)15-20-36)63-45-29-43(57-35(6)11-8-10-34(5)55)47-49(51(45)59)54(62)48-44(58-40-13-9-12-39(56)28-40)30-46(52(60)50(48)53(47)61)64-42-26-23-38(24-27-42)37-21-16-32(3)17-22-37/h7-13,18,23-32,36-37,57-60H,1,6,14-17,19-22H2,2-5H3/b11-8-,33-18+,34-10+,41-25+. The van der Waals surface area contributed by atoms with Gasteiger partial charge in [0, 0.05) is 23.5 Å². The van der Waals surface area contributed by atoms with E-state index in [-0.39, 0.29) is 51.1 Å². The first-order valence-electron chi connectivity index (χ1n) is 22.1. The van der Waals surface area contributed by atoms with Crippen LogP contribution in [0.2, 0.25) is 0 Å². The molecule has 0 heterocycles. The van der Waals surface area contributed by atoms with Crippen molar-refractivity contribution < 1.29 is 38.1 Å². The second kappa shape index (κ2) is 19.8. The van der Waals surface area contributed by atoms with Gasteiger partial charge in [0.1, 0.15) is 17.3 Å². The number of hydrogen-bond acceptors (Lipinski definition) is 8. The summed E-state index contributed by atoms with van der Waals surface area (Å²) in [5.41, 5.74) is 1.44. The zero-order valence-corrected chi connectivity index (χ0v) is 36.9. The summed E-state index contributed by atoms with van der Waals surface area (Å²) in [6.07, 6.45) is 18.3. The van der Waals surface area contributed by atoms with E-state index < -0.39 is 45.8 Å². The lowest BCUT2D eigenvalue weighted by Gasteiger charge is -2.27. The van der Waals surface area contributed by atoms with Crippen LogP contribution in [0.1, 0.15) is 122 Å². The molecule has 3 aliphatic carbocycles. The summed E-state index contributed by atoms with van der Waals surface area (Å²) in [6.45, 7) is 15.8. The molecule has 4 aromatic carbocycles. The summed E-state index contributed by atoms with van der Waals surface area (Å²) in [5.74, 6) is -1.36. The number of carbonyl (C=O) groups excluding carboxylic acids is 2. The zero-order valence-electron chi connectivity index (χ0n) is 36.9. The molecular weight excluding hydrogens is 811 g/mol. The van der Waals surface area contributed by atoms with E-state index in [0.717, 1.165) is 51.4 Å². The SMILES string of the molecule is C=C/C(=C\C=C(/C)C1CCC(C)CC1)Oc1cc(NC(=C)/C=C\C=C(/C)F)c2c(c1O)C(=O)c1c(Nc3cccc(F)c3)cc(Oc3ccc(C4CCC(C)CC4)cc3)c(O)c1C2=O. The largest absolute Gasteiger partial charge is 0.504 e. The summed E-state index contributed by atoms with van der Waals surface area (Å²) in [4.78, 5) is 30.0. The van der Waals surface area contributed by atoms with Crippen molar-refractivity contribution in [1.82, 2.24) is 0 Å². The van der Waals surface area contributed by atoms with Crippen molar-refractivity contribution in [3.63, 3.8) is 0 Å². The number of nitrogens with one attached hydrogen (secondary N) is 2. The van der Waals surface area contributed by atoms with Gasteiger partial charge in [-0.15, -0.1) is 0 Å². The Morgan fingerprint density at radius 2 is 1.38 bits per heavy atom. The number of phenols is 2. The maximum atomic E-state index is 15.0. The molecule has 0 unspecified atom stereocenters. The number of hydrogen-bond donors (Lipinski definition) is 4. The number of ketones is 2. The highest BCUT2D eigenvalue weighted by atomic mass is 19.1. The van der Waals surface area contributed by atoms with Crippen LogP contribution in [-0.4, -0.2) is 21.8 Å². The van der Waals surface area contributed by atoms with Crippen molar-refractivity contribution >= 4 is 28.6 Å². The average Bonchev–Trinajstić information content (AvgIpc) is 3.26. The van der Waals surface area contributed by atoms with Gasteiger partial charge in [0.15, 0.2) is 23.0 Å². The number of aromatic hydroxyl groups is 2. The number of fused-ring (bicyclic) bond motifs is 2. The van der Waals surface area contributed by atoms with Crippen LogP contribution < -0.4 is 20.1 Å². The van der Waals surface area contributed by atoms with E-state index in [4.69, 9.17) is 9.47 Å². The van der Waals surface area contributed by atoms with Gasteiger partial charge < -0.3 is 30.3 Å². The Balaban J connectivity index is 1.32. The molecule has 4 N–H and O–H groups in total. The third-order valence-corrected chi connectivity index (χ3v) is 12.7. The summed E-state index contributed by atoms with van der Waals surface area (Å²) >= 11 is 0. The monoisotopic (exact) mass is 866 g/mol. The van der Waals surface area contributed by atoms with Gasteiger partial charge in [0.2, 0.25) is 11.6 Å². The summed E-state index contributed by atoms with van der Waals surface area (Å²) < 4.78 is 40.6. The zero-order chi connectivity index (χ0) is 45.7. The Hall–Kier alpha value is -6.68. The Morgan fingerprint density at radius 3 is 2.00 bits per heavy atom. The highest BCUT2D eigenvalue weighted by Crippen LogP contribution is 2.50. The third-order valence-electron chi connectivity index (χ3n) is 12.7. The molecule has 332 valence electrons. The van der Waals surface area contributed by atoms with Crippen LogP contribution in [0.3, 0.4) is 0 Å². The molecule has 0 saturated heterocycles. The van der Waals surface area contributed by atoms with Crippen LogP contribution in [0, 0.1) is 23.6 Å². The minimum atomic E-state index is -0.842. The molecule has 0 aromatic heterocycles. The molecule has 2 saturated carbocycles. The topological polar surface area (TPSA) is 117 Å². The van der Waals surface area contributed by atoms with Crippen LogP contribution in [0.4, 0.5) is 25.8 Å². The Labute approximate surface area is 374 Å². The maximum Gasteiger partial charge on any atom is 0.200 e. The molecule has 0 amide bonds. The second-order valence-electron chi connectivity index (χ2n) is 17.5. The number of halogens is 2. The Bertz CT molecular complexity index is 2580. The lowest BCUT2D eigenvalue weighted by Crippen LogP contribution is -2.24.